The van der Waals surface area contributed by atoms with Crippen LogP contribution >= 0.6 is 0 Å². The van der Waals surface area contributed by atoms with Crippen LogP contribution in [0.2, 0.25) is 0 Å². The number of hydrogen-bond donors (Lipinski definition) is 1. The molecule has 3 heterocycles. The summed E-state index contributed by atoms with van der Waals surface area (Å²) in [6.45, 7) is 0.862. The van der Waals surface area contributed by atoms with Gasteiger partial charge in [-0.3, -0.25) is 19.6 Å². The van der Waals surface area contributed by atoms with Gasteiger partial charge >= 0.3 is 0 Å². The second-order valence-electron chi connectivity index (χ2n) is 7.73. The molecule has 31 heavy (non-hydrogen) atoms. The van der Waals surface area contributed by atoms with E-state index in [1.54, 1.807) is 18.3 Å². The molecule has 1 N–H and O–H groups in total. The molecule has 4 rings (SSSR count). The Hall–Kier alpha value is -3.63. The van der Waals surface area contributed by atoms with Gasteiger partial charge in [-0.2, -0.15) is 5.26 Å². The number of fused-ring (bicyclic) bond motifs is 1. The van der Waals surface area contributed by atoms with Crippen LogP contribution in [0.4, 0.5) is 0 Å². The smallest absolute Gasteiger partial charge is 0.271 e. The lowest BCUT2D eigenvalue weighted by Crippen LogP contribution is -2.51. The Balaban J connectivity index is 1.42. The average molecular weight is 414 g/mol. The van der Waals surface area contributed by atoms with Crippen LogP contribution in [0.3, 0.4) is 0 Å². The molecule has 0 spiro atoms. The number of rotatable bonds is 6. The molecule has 7 nitrogen and oxygen atoms in total. The Labute approximate surface area is 180 Å². The molecule has 0 unspecified atom stereocenters. The molecule has 0 saturated carbocycles. The van der Waals surface area contributed by atoms with Crippen molar-refractivity contribution < 1.29 is 14.3 Å². The second-order valence-corrected chi connectivity index (χ2v) is 7.73. The van der Waals surface area contributed by atoms with Crippen molar-refractivity contribution in [2.45, 2.75) is 31.2 Å². The third-order valence-electron chi connectivity index (χ3n) is 5.44. The number of ketones is 1. The summed E-state index contributed by atoms with van der Waals surface area (Å²) in [6.07, 6.45) is 4.63. The number of hydrogen-bond acceptors (Lipinski definition) is 6. The predicted molar refractivity (Wildman–Crippen MR) is 114 cm³/mol. The highest BCUT2D eigenvalue weighted by atomic mass is 16.5. The van der Waals surface area contributed by atoms with E-state index in [0.717, 1.165) is 16.5 Å². The predicted octanol–water partition coefficient (Wildman–Crippen LogP) is 2.79. The molecule has 1 saturated heterocycles. The molecule has 0 aliphatic carbocycles. The maximum absolute atomic E-state index is 12.7. The van der Waals surface area contributed by atoms with Gasteiger partial charge in [0.05, 0.1) is 11.6 Å². The zero-order chi connectivity index (χ0) is 21.7. The van der Waals surface area contributed by atoms with Crippen LogP contribution in [0.5, 0.6) is 0 Å². The minimum atomic E-state index is -0.937. The van der Waals surface area contributed by atoms with Crippen molar-refractivity contribution in [3.05, 3.63) is 71.7 Å². The summed E-state index contributed by atoms with van der Waals surface area (Å²) < 4.78 is 5.29. The number of ether oxygens (including phenoxy) is 1. The van der Waals surface area contributed by atoms with Gasteiger partial charge in [0.15, 0.2) is 0 Å². The van der Waals surface area contributed by atoms with Crippen LogP contribution < -0.4 is 5.32 Å². The minimum absolute atomic E-state index is 0.0405. The monoisotopic (exact) mass is 414 g/mol. The lowest BCUT2D eigenvalue weighted by Gasteiger charge is -2.31. The summed E-state index contributed by atoms with van der Waals surface area (Å²) in [4.78, 5) is 33.7. The quantitative estimate of drug-likeness (QED) is 0.665. The third-order valence-corrected chi connectivity index (χ3v) is 5.44. The summed E-state index contributed by atoms with van der Waals surface area (Å²) in [5, 5.41) is 13.3. The molecule has 7 heteroatoms. The molecule has 2 aromatic heterocycles. The van der Waals surface area contributed by atoms with Crippen LogP contribution in [0.25, 0.3) is 10.9 Å². The Morgan fingerprint density at radius 1 is 1.03 bits per heavy atom. The SMILES string of the molecule is N#CC1(NC(=O)c2cc(CC(=O)Cc3ccc4ncccc4c3)ccn2)CCOCC1. The number of nitrogens with one attached hydrogen (secondary N) is 1. The maximum Gasteiger partial charge on any atom is 0.271 e. The normalized spacial score (nSPS) is 15.2. The van der Waals surface area contributed by atoms with Gasteiger partial charge in [-0.1, -0.05) is 12.1 Å². The highest BCUT2D eigenvalue weighted by Crippen LogP contribution is 2.20. The van der Waals surface area contributed by atoms with E-state index in [1.165, 1.54) is 6.20 Å². The molecule has 1 fully saturated rings. The van der Waals surface area contributed by atoms with Gasteiger partial charge in [-0.25, -0.2) is 0 Å². The van der Waals surface area contributed by atoms with Gasteiger partial charge in [0.2, 0.25) is 0 Å². The first-order valence-electron chi connectivity index (χ1n) is 10.2. The summed E-state index contributed by atoms with van der Waals surface area (Å²) >= 11 is 0. The van der Waals surface area contributed by atoms with Crippen molar-refractivity contribution in [1.29, 1.82) is 5.26 Å². The van der Waals surface area contributed by atoms with Crippen molar-refractivity contribution in [3.8, 4) is 6.07 Å². The zero-order valence-corrected chi connectivity index (χ0v) is 17.0. The van der Waals surface area contributed by atoms with E-state index in [0.29, 0.717) is 38.0 Å². The average Bonchev–Trinajstić information content (AvgIpc) is 2.79. The van der Waals surface area contributed by atoms with Gasteiger partial charge in [0, 0.05) is 56.7 Å². The highest BCUT2D eigenvalue weighted by Gasteiger charge is 2.34. The molecule has 156 valence electrons. The van der Waals surface area contributed by atoms with E-state index in [9.17, 15) is 14.9 Å². The van der Waals surface area contributed by atoms with E-state index >= 15 is 0 Å². The van der Waals surface area contributed by atoms with Gasteiger partial charge in [-0.15, -0.1) is 0 Å². The molecule has 1 amide bonds. The number of nitriles is 1. The van der Waals surface area contributed by atoms with Crippen molar-refractivity contribution in [2.24, 2.45) is 0 Å². The first kappa shape index (κ1) is 20.6. The first-order chi connectivity index (χ1) is 15.1. The fraction of sp³-hybridized carbons (Fsp3) is 0.292. The minimum Gasteiger partial charge on any atom is -0.381 e. The number of pyridine rings is 2. The molecule has 1 aliphatic heterocycles. The Morgan fingerprint density at radius 2 is 1.81 bits per heavy atom. The van der Waals surface area contributed by atoms with Gasteiger partial charge in [0.1, 0.15) is 17.0 Å². The first-order valence-corrected chi connectivity index (χ1v) is 10.2. The number of amides is 1. The lowest BCUT2D eigenvalue weighted by atomic mass is 9.91. The fourth-order valence-corrected chi connectivity index (χ4v) is 3.73. The zero-order valence-electron chi connectivity index (χ0n) is 17.0. The largest absolute Gasteiger partial charge is 0.381 e. The van der Waals surface area contributed by atoms with Crippen molar-refractivity contribution in [2.75, 3.05) is 13.2 Å². The van der Waals surface area contributed by atoms with E-state index in [4.69, 9.17) is 4.74 Å². The second kappa shape index (κ2) is 9.02. The van der Waals surface area contributed by atoms with Crippen LogP contribution in [0.1, 0.15) is 34.5 Å². The van der Waals surface area contributed by atoms with Crippen LogP contribution in [0, 0.1) is 11.3 Å². The van der Waals surface area contributed by atoms with Crippen molar-refractivity contribution >= 4 is 22.6 Å². The number of carbonyl (C=O) groups is 2. The fourth-order valence-electron chi connectivity index (χ4n) is 3.73. The molecular formula is C24H22N4O3. The molecule has 1 aromatic carbocycles. The number of nitrogens with zero attached hydrogens (tertiary/aromatic N) is 3. The summed E-state index contributed by atoms with van der Waals surface area (Å²) in [6, 6.07) is 15.2. The number of aromatic nitrogens is 2. The Bertz CT molecular complexity index is 1160. The highest BCUT2D eigenvalue weighted by molar-refractivity contribution is 5.93. The topological polar surface area (TPSA) is 105 Å². The van der Waals surface area contributed by atoms with E-state index in [1.807, 2.05) is 30.3 Å². The van der Waals surface area contributed by atoms with Crippen molar-refractivity contribution in [1.82, 2.24) is 15.3 Å². The third kappa shape index (κ3) is 4.93. The Morgan fingerprint density at radius 3 is 2.58 bits per heavy atom. The molecular weight excluding hydrogens is 392 g/mol. The van der Waals surface area contributed by atoms with E-state index in [-0.39, 0.29) is 17.9 Å². The molecule has 0 radical (unpaired) electrons. The summed E-state index contributed by atoms with van der Waals surface area (Å²) in [5.74, 6) is -0.376. The van der Waals surface area contributed by atoms with Gasteiger partial charge in [-0.05, 0) is 41.5 Å². The van der Waals surface area contributed by atoms with Gasteiger partial charge in [0.25, 0.3) is 5.91 Å². The van der Waals surface area contributed by atoms with E-state index < -0.39 is 11.4 Å². The van der Waals surface area contributed by atoms with Crippen LogP contribution in [0.15, 0.2) is 54.9 Å². The molecule has 0 atom stereocenters. The number of Topliss-reactive ketones (excluding diaryl/α,β-unsaturated/α-hetero) is 1. The lowest BCUT2D eigenvalue weighted by molar-refractivity contribution is -0.117. The Kier molecular flexibility index (Phi) is 6.01. The van der Waals surface area contributed by atoms with Crippen LogP contribution in [-0.2, 0) is 22.4 Å². The van der Waals surface area contributed by atoms with E-state index in [2.05, 4.69) is 21.4 Å². The molecule has 1 aliphatic rings. The summed E-state index contributed by atoms with van der Waals surface area (Å²) in [5.41, 5.74) is 1.79. The molecule has 0 bridgehead atoms. The van der Waals surface area contributed by atoms with Crippen LogP contribution in [-0.4, -0.2) is 40.4 Å². The van der Waals surface area contributed by atoms with Gasteiger partial charge < -0.3 is 10.1 Å². The number of benzene rings is 1. The summed E-state index contributed by atoms with van der Waals surface area (Å²) in [7, 11) is 0. The number of carbonyl (C=O) groups excluding carboxylic acids is 2. The maximum atomic E-state index is 12.7. The molecule has 3 aromatic rings. The van der Waals surface area contributed by atoms with Crippen molar-refractivity contribution in [3.63, 3.8) is 0 Å². The standard InChI is InChI=1S/C24H22N4O3/c25-16-24(6-10-31-11-7-24)28-23(30)22-15-18(5-9-27-22)14-20(29)13-17-3-4-21-19(12-17)2-1-8-26-21/h1-5,8-9,12,15H,6-7,10-11,13-14H2,(H,28,30).